The summed E-state index contributed by atoms with van der Waals surface area (Å²) in [5, 5.41) is 0. The molecule has 0 fully saturated rings. The Morgan fingerprint density at radius 1 is 0.895 bits per heavy atom. The van der Waals surface area contributed by atoms with Gasteiger partial charge in [-0.3, -0.25) is 9.59 Å². The number of imide groups is 1. The first-order valence-electron chi connectivity index (χ1n) is 5.52. The average Bonchev–Trinajstić information content (AvgIpc) is 2.63. The molecule has 0 spiro atoms. The van der Waals surface area contributed by atoms with Crippen molar-refractivity contribution in [3.05, 3.63) is 63.0 Å². The molecule has 2 aromatic rings. The summed E-state index contributed by atoms with van der Waals surface area (Å²) in [5.74, 6) is -1.42. The zero-order chi connectivity index (χ0) is 13.6. The van der Waals surface area contributed by atoms with Crippen molar-refractivity contribution in [1.29, 1.82) is 0 Å². The minimum Gasteiger partial charge on any atom is -0.268 e. The minimum atomic E-state index is -0.524. The van der Waals surface area contributed by atoms with Crippen molar-refractivity contribution >= 4 is 40.1 Å². The van der Waals surface area contributed by atoms with E-state index in [1.807, 2.05) is 0 Å². The second-order valence-electron chi connectivity index (χ2n) is 4.11. The number of fused-ring (bicyclic) bond motifs is 1. The molecule has 1 aliphatic rings. The first kappa shape index (κ1) is 12.3. The summed E-state index contributed by atoms with van der Waals surface area (Å²) in [5.41, 5.74) is 0.848. The Labute approximate surface area is 122 Å². The third-order valence-corrected chi connectivity index (χ3v) is 3.65. The van der Waals surface area contributed by atoms with E-state index in [0.717, 1.165) is 14.5 Å². The Morgan fingerprint density at radius 3 is 2.21 bits per heavy atom. The fraction of sp³-hybridized carbons (Fsp3) is 0. The van der Waals surface area contributed by atoms with E-state index in [0.29, 0.717) is 5.69 Å². The lowest BCUT2D eigenvalue weighted by molar-refractivity contribution is 0.0926. The first-order valence-corrected chi connectivity index (χ1v) is 6.60. The van der Waals surface area contributed by atoms with Crippen molar-refractivity contribution in [3.8, 4) is 0 Å². The number of hydrogen-bond acceptors (Lipinski definition) is 2. The number of benzene rings is 2. The fourth-order valence-corrected chi connectivity index (χ4v) is 2.40. The molecule has 3 rings (SSSR count). The maximum atomic E-state index is 13.2. The van der Waals surface area contributed by atoms with Crippen LogP contribution in [0.4, 0.5) is 10.1 Å². The van der Waals surface area contributed by atoms with Crippen LogP contribution in [-0.4, -0.2) is 11.8 Å². The summed E-state index contributed by atoms with van der Waals surface area (Å²) in [4.78, 5) is 25.4. The van der Waals surface area contributed by atoms with Crippen molar-refractivity contribution in [2.24, 2.45) is 0 Å². The summed E-state index contributed by atoms with van der Waals surface area (Å²) in [6, 6.07) is 10.6. The molecular weight excluding hydrogens is 360 g/mol. The summed E-state index contributed by atoms with van der Waals surface area (Å²) < 4.78 is 14.2. The summed E-state index contributed by atoms with van der Waals surface area (Å²) >= 11 is 2.14. The molecule has 5 heteroatoms. The molecule has 0 N–H and O–H groups in total. The van der Waals surface area contributed by atoms with Gasteiger partial charge in [0.15, 0.2) is 0 Å². The van der Waals surface area contributed by atoms with Crippen molar-refractivity contribution in [2.45, 2.75) is 0 Å². The van der Waals surface area contributed by atoms with Gasteiger partial charge in [0.05, 0.1) is 16.8 Å². The Kier molecular flexibility index (Phi) is 2.85. The highest BCUT2D eigenvalue weighted by molar-refractivity contribution is 14.1. The van der Waals surface area contributed by atoms with Crippen molar-refractivity contribution in [3.63, 3.8) is 0 Å². The summed E-state index contributed by atoms with van der Waals surface area (Å²) in [6.07, 6.45) is 0. The second-order valence-corrected chi connectivity index (χ2v) is 5.36. The predicted octanol–water partition coefficient (Wildman–Crippen LogP) is 3.23. The monoisotopic (exact) mass is 367 g/mol. The van der Waals surface area contributed by atoms with Gasteiger partial charge in [-0.05, 0) is 65.1 Å². The zero-order valence-electron chi connectivity index (χ0n) is 9.56. The van der Waals surface area contributed by atoms with Crippen molar-refractivity contribution < 1.29 is 14.0 Å². The lowest BCUT2D eigenvalue weighted by Gasteiger charge is -2.13. The van der Waals surface area contributed by atoms with E-state index in [4.69, 9.17) is 0 Å². The third kappa shape index (κ3) is 1.94. The molecule has 2 amide bonds. The van der Waals surface area contributed by atoms with Gasteiger partial charge in [-0.2, -0.15) is 0 Å². The molecule has 0 bridgehead atoms. The highest BCUT2D eigenvalue weighted by Crippen LogP contribution is 2.29. The summed E-state index contributed by atoms with van der Waals surface area (Å²) in [7, 11) is 0. The Morgan fingerprint density at radius 2 is 1.53 bits per heavy atom. The molecule has 0 saturated heterocycles. The van der Waals surface area contributed by atoms with Gasteiger partial charge in [0, 0.05) is 3.57 Å². The standard InChI is InChI=1S/C14H7FINO2/c15-8-1-6-11-12(7-8)14(19)17(13(11)18)10-4-2-9(16)3-5-10/h1-7H. The maximum absolute atomic E-state index is 13.2. The number of carbonyl (C=O) groups is 2. The number of anilines is 1. The molecule has 0 atom stereocenters. The number of rotatable bonds is 1. The average molecular weight is 367 g/mol. The molecule has 2 aromatic carbocycles. The van der Waals surface area contributed by atoms with Gasteiger partial charge in [-0.15, -0.1) is 0 Å². The molecular formula is C14H7FINO2. The lowest BCUT2D eigenvalue weighted by atomic mass is 10.1. The molecule has 94 valence electrons. The normalized spacial score (nSPS) is 13.9. The molecule has 0 saturated carbocycles. The fourth-order valence-electron chi connectivity index (χ4n) is 2.04. The zero-order valence-corrected chi connectivity index (χ0v) is 11.7. The van der Waals surface area contributed by atoms with Gasteiger partial charge >= 0.3 is 0 Å². The van der Waals surface area contributed by atoms with Gasteiger partial charge in [0.1, 0.15) is 5.82 Å². The van der Waals surface area contributed by atoms with Gasteiger partial charge in [0.2, 0.25) is 0 Å². The van der Waals surface area contributed by atoms with Crippen LogP contribution in [0.15, 0.2) is 42.5 Å². The Bertz CT molecular complexity index is 697. The molecule has 3 nitrogen and oxygen atoms in total. The predicted molar refractivity (Wildman–Crippen MR) is 76.7 cm³/mol. The highest BCUT2D eigenvalue weighted by atomic mass is 127. The van der Waals surface area contributed by atoms with Crippen molar-refractivity contribution in [2.75, 3.05) is 4.90 Å². The number of nitrogens with zero attached hydrogens (tertiary/aromatic N) is 1. The topological polar surface area (TPSA) is 37.4 Å². The number of carbonyl (C=O) groups excluding carboxylic acids is 2. The second kappa shape index (κ2) is 4.41. The van der Waals surface area contributed by atoms with Crippen LogP contribution >= 0.6 is 22.6 Å². The molecule has 1 aliphatic heterocycles. The lowest BCUT2D eigenvalue weighted by Crippen LogP contribution is -2.29. The van der Waals surface area contributed by atoms with E-state index in [2.05, 4.69) is 22.6 Å². The van der Waals surface area contributed by atoms with Crippen LogP contribution in [0.25, 0.3) is 0 Å². The number of amides is 2. The van der Waals surface area contributed by atoms with E-state index in [9.17, 15) is 14.0 Å². The number of halogens is 2. The van der Waals surface area contributed by atoms with E-state index in [-0.39, 0.29) is 11.1 Å². The quantitative estimate of drug-likeness (QED) is 0.574. The molecule has 0 aliphatic carbocycles. The molecule has 1 heterocycles. The number of hydrogen-bond donors (Lipinski definition) is 0. The van der Waals surface area contributed by atoms with Gasteiger partial charge in [0.25, 0.3) is 11.8 Å². The minimum absolute atomic E-state index is 0.114. The highest BCUT2D eigenvalue weighted by Gasteiger charge is 2.36. The molecule has 0 unspecified atom stereocenters. The SMILES string of the molecule is O=C1c2ccc(F)cc2C(=O)N1c1ccc(I)cc1. The first-order chi connectivity index (χ1) is 9.08. The van der Waals surface area contributed by atoms with Crippen LogP contribution < -0.4 is 4.90 Å². The van der Waals surface area contributed by atoms with Gasteiger partial charge < -0.3 is 0 Å². The molecule has 0 radical (unpaired) electrons. The smallest absolute Gasteiger partial charge is 0.266 e. The van der Waals surface area contributed by atoms with Crippen LogP contribution in [0.5, 0.6) is 0 Å². The van der Waals surface area contributed by atoms with Crippen LogP contribution in [0.3, 0.4) is 0 Å². The van der Waals surface area contributed by atoms with E-state index >= 15 is 0 Å². The summed E-state index contributed by atoms with van der Waals surface area (Å²) in [6.45, 7) is 0. The van der Waals surface area contributed by atoms with E-state index in [1.54, 1.807) is 24.3 Å². The Balaban J connectivity index is 2.10. The van der Waals surface area contributed by atoms with Gasteiger partial charge in [-0.25, -0.2) is 9.29 Å². The molecule has 0 aromatic heterocycles. The molecule has 19 heavy (non-hydrogen) atoms. The van der Waals surface area contributed by atoms with Crippen LogP contribution in [0, 0.1) is 9.39 Å². The van der Waals surface area contributed by atoms with Crippen LogP contribution in [0.1, 0.15) is 20.7 Å². The van der Waals surface area contributed by atoms with E-state index < -0.39 is 17.6 Å². The Hall–Kier alpha value is -1.76. The van der Waals surface area contributed by atoms with E-state index in [1.165, 1.54) is 12.1 Å². The maximum Gasteiger partial charge on any atom is 0.266 e. The largest absolute Gasteiger partial charge is 0.268 e. The third-order valence-electron chi connectivity index (χ3n) is 2.93. The van der Waals surface area contributed by atoms with Crippen molar-refractivity contribution in [1.82, 2.24) is 0 Å². The van der Waals surface area contributed by atoms with Crippen LogP contribution in [-0.2, 0) is 0 Å². The van der Waals surface area contributed by atoms with Gasteiger partial charge in [-0.1, -0.05) is 0 Å². The van der Waals surface area contributed by atoms with Crippen LogP contribution in [0.2, 0.25) is 0 Å².